The van der Waals surface area contributed by atoms with Crippen LogP contribution < -0.4 is 0 Å². The standard InChI is InChI=1S/C21H27N/c1-6-14(3)16-8-10-20-18(12-16)19-13-17(15(4)7-2)9-11-21(19)22(20)5/h8-15H,6-7H2,1-5H3. The fourth-order valence-electron chi connectivity index (χ4n) is 3.34. The Morgan fingerprint density at radius 3 is 1.55 bits per heavy atom. The van der Waals surface area contributed by atoms with Crippen molar-refractivity contribution in [1.29, 1.82) is 0 Å². The van der Waals surface area contributed by atoms with Gasteiger partial charge < -0.3 is 4.57 Å². The van der Waals surface area contributed by atoms with Gasteiger partial charge in [0.15, 0.2) is 0 Å². The van der Waals surface area contributed by atoms with Crippen molar-refractivity contribution in [1.82, 2.24) is 4.57 Å². The van der Waals surface area contributed by atoms with E-state index in [0.29, 0.717) is 11.8 Å². The maximum absolute atomic E-state index is 2.41. The Kier molecular flexibility index (Phi) is 3.99. The third-order valence-corrected chi connectivity index (χ3v) is 5.42. The highest BCUT2D eigenvalue weighted by Crippen LogP contribution is 2.33. The summed E-state index contributed by atoms with van der Waals surface area (Å²) in [5.74, 6) is 1.25. The van der Waals surface area contributed by atoms with Crippen LogP contribution in [0, 0.1) is 0 Å². The number of hydrogen-bond acceptors (Lipinski definition) is 0. The van der Waals surface area contributed by atoms with E-state index in [2.05, 4.69) is 75.7 Å². The topological polar surface area (TPSA) is 4.93 Å². The minimum atomic E-state index is 0.623. The molecule has 3 aromatic rings. The largest absolute Gasteiger partial charge is 0.344 e. The molecular weight excluding hydrogens is 266 g/mol. The Bertz CT molecular complexity index is 742. The van der Waals surface area contributed by atoms with Gasteiger partial charge in [0.05, 0.1) is 0 Å². The molecule has 22 heavy (non-hydrogen) atoms. The van der Waals surface area contributed by atoms with Crippen LogP contribution in [-0.4, -0.2) is 4.57 Å². The first-order valence-electron chi connectivity index (χ1n) is 8.58. The predicted molar refractivity (Wildman–Crippen MR) is 97.8 cm³/mol. The molecule has 0 aliphatic carbocycles. The molecule has 1 heteroatoms. The second-order valence-electron chi connectivity index (χ2n) is 6.73. The minimum absolute atomic E-state index is 0.623. The molecule has 1 aromatic heterocycles. The summed E-state index contributed by atoms with van der Waals surface area (Å²) >= 11 is 0. The first kappa shape index (κ1) is 15.1. The van der Waals surface area contributed by atoms with Crippen LogP contribution in [0.4, 0.5) is 0 Å². The first-order chi connectivity index (χ1) is 10.6. The Labute approximate surface area is 133 Å². The molecule has 0 spiro atoms. The van der Waals surface area contributed by atoms with Crippen LogP contribution in [-0.2, 0) is 7.05 Å². The van der Waals surface area contributed by atoms with Crippen LogP contribution in [0.3, 0.4) is 0 Å². The SMILES string of the molecule is CCC(C)c1ccc2c(c1)c1cc(C(C)CC)ccc1n2C. The molecule has 0 bridgehead atoms. The lowest BCUT2D eigenvalue weighted by Crippen LogP contribution is -1.91. The van der Waals surface area contributed by atoms with E-state index < -0.39 is 0 Å². The Morgan fingerprint density at radius 1 is 0.773 bits per heavy atom. The summed E-state index contributed by atoms with van der Waals surface area (Å²) in [6, 6.07) is 14.0. The van der Waals surface area contributed by atoms with E-state index in [0.717, 1.165) is 0 Å². The van der Waals surface area contributed by atoms with E-state index in [-0.39, 0.29) is 0 Å². The minimum Gasteiger partial charge on any atom is -0.344 e. The molecule has 1 nitrogen and oxygen atoms in total. The number of aromatic nitrogens is 1. The lowest BCUT2D eigenvalue weighted by atomic mass is 9.95. The quantitative estimate of drug-likeness (QED) is 0.527. The number of benzene rings is 2. The zero-order valence-electron chi connectivity index (χ0n) is 14.5. The van der Waals surface area contributed by atoms with Crippen molar-refractivity contribution in [2.75, 3.05) is 0 Å². The number of aryl methyl sites for hydroxylation is 1. The maximum atomic E-state index is 2.41. The van der Waals surface area contributed by atoms with Crippen molar-refractivity contribution >= 4 is 21.8 Å². The van der Waals surface area contributed by atoms with Crippen molar-refractivity contribution in [2.45, 2.75) is 52.4 Å². The molecule has 0 radical (unpaired) electrons. The number of nitrogens with zero attached hydrogens (tertiary/aromatic N) is 1. The smallest absolute Gasteiger partial charge is 0.0488 e. The molecule has 0 saturated carbocycles. The molecule has 2 atom stereocenters. The van der Waals surface area contributed by atoms with Crippen LogP contribution in [0.1, 0.15) is 63.5 Å². The van der Waals surface area contributed by atoms with Gasteiger partial charge in [-0.1, -0.05) is 39.8 Å². The van der Waals surface area contributed by atoms with Crippen molar-refractivity contribution in [3.05, 3.63) is 47.5 Å². The van der Waals surface area contributed by atoms with Gasteiger partial charge in [-0.15, -0.1) is 0 Å². The zero-order valence-corrected chi connectivity index (χ0v) is 14.5. The van der Waals surface area contributed by atoms with Gasteiger partial charge in [-0.25, -0.2) is 0 Å². The summed E-state index contributed by atoms with van der Waals surface area (Å²) in [6.45, 7) is 9.16. The van der Waals surface area contributed by atoms with Gasteiger partial charge in [0.25, 0.3) is 0 Å². The van der Waals surface area contributed by atoms with Gasteiger partial charge in [0.2, 0.25) is 0 Å². The van der Waals surface area contributed by atoms with E-state index in [9.17, 15) is 0 Å². The van der Waals surface area contributed by atoms with Crippen molar-refractivity contribution in [2.24, 2.45) is 7.05 Å². The normalized spacial score (nSPS) is 14.6. The first-order valence-corrected chi connectivity index (χ1v) is 8.58. The van der Waals surface area contributed by atoms with E-state index in [1.54, 1.807) is 0 Å². The van der Waals surface area contributed by atoms with Gasteiger partial charge in [-0.05, 0) is 60.1 Å². The molecular formula is C21H27N. The van der Waals surface area contributed by atoms with E-state index in [1.807, 2.05) is 0 Å². The Morgan fingerprint density at radius 2 is 1.18 bits per heavy atom. The number of rotatable bonds is 4. The van der Waals surface area contributed by atoms with E-state index in [1.165, 1.54) is 45.8 Å². The van der Waals surface area contributed by atoms with E-state index in [4.69, 9.17) is 0 Å². The molecule has 2 aromatic carbocycles. The predicted octanol–water partition coefficient (Wildman–Crippen LogP) is 6.36. The van der Waals surface area contributed by atoms with Crippen LogP contribution in [0.2, 0.25) is 0 Å². The van der Waals surface area contributed by atoms with E-state index >= 15 is 0 Å². The molecule has 0 aliphatic rings. The highest BCUT2D eigenvalue weighted by atomic mass is 14.9. The molecule has 3 rings (SSSR count). The van der Waals surface area contributed by atoms with Gasteiger partial charge in [0.1, 0.15) is 0 Å². The summed E-state index contributed by atoms with van der Waals surface area (Å²) < 4.78 is 2.32. The molecule has 116 valence electrons. The van der Waals surface area contributed by atoms with Crippen molar-refractivity contribution in [3.8, 4) is 0 Å². The highest BCUT2D eigenvalue weighted by molar-refractivity contribution is 6.08. The Balaban J connectivity index is 2.28. The molecule has 0 amide bonds. The lowest BCUT2D eigenvalue weighted by molar-refractivity contribution is 0.734. The van der Waals surface area contributed by atoms with Crippen molar-refractivity contribution in [3.63, 3.8) is 0 Å². The average Bonchev–Trinajstić information content (AvgIpc) is 2.85. The second kappa shape index (κ2) is 5.79. The molecule has 1 heterocycles. The fraction of sp³-hybridized carbons (Fsp3) is 0.429. The van der Waals surface area contributed by atoms with Gasteiger partial charge in [0, 0.05) is 28.9 Å². The highest BCUT2D eigenvalue weighted by Gasteiger charge is 2.12. The monoisotopic (exact) mass is 293 g/mol. The van der Waals surface area contributed by atoms with Crippen LogP contribution in [0.25, 0.3) is 21.8 Å². The summed E-state index contributed by atoms with van der Waals surface area (Å²) in [7, 11) is 2.18. The van der Waals surface area contributed by atoms with Gasteiger partial charge in [-0.3, -0.25) is 0 Å². The van der Waals surface area contributed by atoms with Crippen LogP contribution in [0.5, 0.6) is 0 Å². The summed E-state index contributed by atoms with van der Waals surface area (Å²) in [4.78, 5) is 0. The summed E-state index contributed by atoms with van der Waals surface area (Å²) in [6.07, 6.45) is 2.38. The Hall–Kier alpha value is -1.76. The fourth-order valence-corrected chi connectivity index (χ4v) is 3.34. The zero-order chi connectivity index (χ0) is 15.9. The third kappa shape index (κ3) is 2.33. The molecule has 0 saturated heterocycles. The molecule has 0 aliphatic heterocycles. The van der Waals surface area contributed by atoms with Crippen LogP contribution in [0.15, 0.2) is 36.4 Å². The maximum Gasteiger partial charge on any atom is 0.0488 e. The summed E-state index contributed by atoms with van der Waals surface area (Å²) in [5.41, 5.74) is 5.58. The van der Waals surface area contributed by atoms with Gasteiger partial charge in [-0.2, -0.15) is 0 Å². The lowest BCUT2D eigenvalue weighted by Gasteiger charge is -2.10. The molecule has 0 fully saturated rings. The number of hydrogen-bond donors (Lipinski definition) is 0. The number of fused-ring (bicyclic) bond motifs is 3. The second-order valence-corrected chi connectivity index (χ2v) is 6.73. The molecule has 0 N–H and O–H groups in total. The average molecular weight is 293 g/mol. The van der Waals surface area contributed by atoms with Crippen LogP contribution >= 0.6 is 0 Å². The third-order valence-electron chi connectivity index (χ3n) is 5.42. The van der Waals surface area contributed by atoms with Gasteiger partial charge >= 0.3 is 0 Å². The molecule has 2 unspecified atom stereocenters. The summed E-state index contributed by atoms with van der Waals surface area (Å²) in [5, 5.41) is 2.81. The van der Waals surface area contributed by atoms with Crippen molar-refractivity contribution < 1.29 is 0 Å².